The second-order valence-electron chi connectivity index (χ2n) is 6.94. The first-order valence-electron chi connectivity index (χ1n) is 10.1. The van der Waals surface area contributed by atoms with Gasteiger partial charge in [0.05, 0.1) is 44.2 Å². The summed E-state index contributed by atoms with van der Waals surface area (Å²) in [4.78, 5) is 20.5. The molecule has 1 aromatic heterocycles. The fourth-order valence-corrected chi connectivity index (χ4v) is 4.30. The van der Waals surface area contributed by atoms with E-state index in [9.17, 15) is 4.79 Å². The van der Waals surface area contributed by atoms with Crippen LogP contribution in [0.2, 0.25) is 0 Å². The van der Waals surface area contributed by atoms with Crippen LogP contribution in [0.15, 0.2) is 53.6 Å². The summed E-state index contributed by atoms with van der Waals surface area (Å²) in [5.74, 6) is 0.690. The van der Waals surface area contributed by atoms with Crippen molar-refractivity contribution >= 4 is 28.6 Å². The molecule has 0 radical (unpaired) electrons. The Kier molecular flexibility index (Phi) is 6.98. The zero-order valence-corrected chi connectivity index (χ0v) is 18.7. The first kappa shape index (κ1) is 21.8. The van der Waals surface area contributed by atoms with Crippen molar-refractivity contribution in [2.75, 3.05) is 45.4 Å². The smallest absolute Gasteiger partial charge is 0.271 e. The van der Waals surface area contributed by atoms with Gasteiger partial charge in [-0.2, -0.15) is 5.10 Å². The van der Waals surface area contributed by atoms with Crippen LogP contribution < -0.4 is 19.8 Å². The van der Waals surface area contributed by atoms with Crippen LogP contribution in [-0.2, 0) is 4.74 Å². The number of morpholine rings is 1. The lowest BCUT2D eigenvalue weighted by Crippen LogP contribution is -2.36. The number of thiazole rings is 1. The van der Waals surface area contributed by atoms with Gasteiger partial charge in [-0.3, -0.25) is 4.79 Å². The van der Waals surface area contributed by atoms with Gasteiger partial charge in [0.2, 0.25) is 0 Å². The molecule has 1 amide bonds. The van der Waals surface area contributed by atoms with Gasteiger partial charge in [-0.15, -0.1) is 0 Å². The fraction of sp³-hybridized carbons (Fsp3) is 0.261. The number of methoxy groups -OCH3 is 2. The number of hydrogen-bond donors (Lipinski definition) is 1. The highest BCUT2D eigenvalue weighted by Crippen LogP contribution is 2.32. The Balaban J connectivity index is 1.55. The minimum atomic E-state index is -0.346. The topological polar surface area (TPSA) is 85.3 Å². The van der Waals surface area contributed by atoms with Gasteiger partial charge >= 0.3 is 0 Å². The molecule has 3 aromatic rings. The lowest BCUT2D eigenvalue weighted by atomic mass is 10.1. The van der Waals surface area contributed by atoms with Crippen molar-refractivity contribution in [3.8, 4) is 22.8 Å². The van der Waals surface area contributed by atoms with Gasteiger partial charge in [-0.25, -0.2) is 10.4 Å². The minimum absolute atomic E-state index is 0.346. The van der Waals surface area contributed by atoms with E-state index >= 15 is 0 Å². The molecule has 8 nitrogen and oxygen atoms in total. The number of nitrogens with zero attached hydrogens (tertiary/aromatic N) is 3. The summed E-state index contributed by atoms with van der Waals surface area (Å²) in [6, 6.07) is 14.9. The van der Waals surface area contributed by atoms with Crippen LogP contribution in [0.1, 0.15) is 15.2 Å². The summed E-state index contributed by atoms with van der Waals surface area (Å²) in [5.41, 5.74) is 4.83. The normalized spacial score (nSPS) is 13.9. The van der Waals surface area contributed by atoms with Crippen LogP contribution in [-0.4, -0.2) is 57.6 Å². The van der Waals surface area contributed by atoms with Gasteiger partial charge in [0.25, 0.3) is 5.91 Å². The first-order valence-corrected chi connectivity index (χ1v) is 11.0. The standard InChI is InChI=1S/C23H24N4O4S/c1-29-18-9-8-17(14-19(18)30-2)22(28)26-24-15-20-21(16-6-4-3-5-7-16)25-23(32-20)27-10-12-31-13-11-27/h3-9,14-15H,10-13H2,1-2H3,(H,26,28)/b24-15-. The first-order chi connectivity index (χ1) is 15.7. The summed E-state index contributed by atoms with van der Waals surface area (Å²) in [7, 11) is 3.07. The molecule has 0 saturated carbocycles. The van der Waals surface area contributed by atoms with Crippen LogP contribution >= 0.6 is 11.3 Å². The number of carbonyl (C=O) groups excluding carboxylic acids is 1. The zero-order chi connectivity index (χ0) is 22.3. The second kappa shape index (κ2) is 10.3. The van der Waals surface area contributed by atoms with E-state index in [0.717, 1.165) is 34.4 Å². The number of hydrazone groups is 1. The summed E-state index contributed by atoms with van der Waals surface area (Å²) in [5, 5.41) is 5.11. The Labute approximate surface area is 190 Å². The maximum absolute atomic E-state index is 12.6. The molecular formula is C23H24N4O4S. The van der Waals surface area contributed by atoms with Gasteiger partial charge < -0.3 is 19.1 Å². The van der Waals surface area contributed by atoms with Crippen molar-refractivity contribution in [3.05, 3.63) is 59.0 Å². The minimum Gasteiger partial charge on any atom is -0.493 e. The Morgan fingerprint density at radius 1 is 1.12 bits per heavy atom. The molecular weight excluding hydrogens is 428 g/mol. The van der Waals surface area contributed by atoms with Gasteiger partial charge in [-0.1, -0.05) is 41.7 Å². The molecule has 4 rings (SSSR count). The molecule has 0 atom stereocenters. The third kappa shape index (κ3) is 4.90. The van der Waals surface area contributed by atoms with Gasteiger partial charge in [0.15, 0.2) is 16.6 Å². The molecule has 2 heterocycles. The molecule has 0 unspecified atom stereocenters. The molecule has 9 heteroatoms. The summed E-state index contributed by atoms with van der Waals surface area (Å²) < 4.78 is 15.9. The van der Waals surface area contributed by atoms with Crippen molar-refractivity contribution < 1.29 is 19.0 Å². The summed E-state index contributed by atoms with van der Waals surface area (Å²) in [6.07, 6.45) is 1.64. The van der Waals surface area contributed by atoms with E-state index in [0.29, 0.717) is 30.3 Å². The molecule has 1 saturated heterocycles. The van der Waals surface area contributed by atoms with E-state index in [4.69, 9.17) is 19.2 Å². The summed E-state index contributed by atoms with van der Waals surface area (Å²) in [6.45, 7) is 2.97. The van der Waals surface area contributed by atoms with Crippen molar-refractivity contribution in [1.82, 2.24) is 10.4 Å². The zero-order valence-electron chi connectivity index (χ0n) is 17.9. The second-order valence-corrected chi connectivity index (χ2v) is 7.95. The average molecular weight is 453 g/mol. The predicted molar refractivity (Wildman–Crippen MR) is 125 cm³/mol. The van der Waals surface area contributed by atoms with Crippen LogP contribution in [0.5, 0.6) is 11.5 Å². The maximum Gasteiger partial charge on any atom is 0.271 e. The molecule has 32 heavy (non-hydrogen) atoms. The largest absolute Gasteiger partial charge is 0.493 e. The molecule has 1 aliphatic rings. The van der Waals surface area contributed by atoms with E-state index in [1.54, 1.807) is 42.9 Å². The molecule has 2 aromatic carbocycles. The predicted octanol–water partition coefficient (Wildman–Crippen LogP) is 3.43. The van der Waals surface area contributed by atoms with Crippen LogP contribution in [0, 0.1) is 0 Å². The molecule has 166 valence electrons. The number of carbonyl (C=O) groups is 1. The van der Waals surface area contributed by atoms with Crippen molar-refractivity contribution in [1.29, 1.82) is 0 Å². The van der Waals surface area contributed by atoms with Gasteiger partial charge in [0.1, 0.15) is 0 Å². The SMILES string of the molecule is COc1ccc(C(=O)N/N=C\c2sc(N3CCOCC3)nc2-c2ccccc2)cc1OC. The van der Waals surface area contributed by atoms with E-state index in [1.807, 2.05) is 30.3 Å². The number of amides is 1. The molecule has 0 aliphatic carbocycles. The van der Waals surface area contributed by atoms with Crippen LogP contribution in [0.3, 0.4) is 0 Å². The highest BCUT2D eigenvalue weighted by atomic mass is 32.1. The highest BCUT2D eigenvalue weighted by molar-refractivity contribution is 7.17. The van der Waals surface area contributed by atoms with Crippen LogP contribution in [0.4, 0.5) is 5.13 Å². The Bertz CT molecular complexity index is 1090. The molecule has 1 fully saturated rings. The van der Waals surface area contributed by atoms with E-state index in [2.05, 4.69) is 15.4 Å². The van der Waals surface area contributed by atoms with Crippen molar-refractivity contribution in [3.63, 3.8) is 0 Å². The molecule has 1 N–H and O–H groups in total. The lowest BCUT2D eigenvalue weighted by molar-refractivity contribution is 0.0954. The molecule has 1 aliphatic heterocycles. The monoisotopic (exact) mass is 452 g/mol. The van der Waals surface area contributed by atoms with Crippen LogP contribution in [0.25, 0.3) is 11.3 Å². The Hall–Kier alpha value is -3.43. The number of hydrogen-bond acceptors (Lipinski definition) is 8. The van der Waals surface area contributed by atoms with E-state index in [1.165, 1.54) is 7.11 Å². The number of nitrogens with one attached hydrogen (secondary N) is 1. The average Bonchev–Trinajstić information content (AvgIpc) is 3.28. The molecule has 0 bridgehead atoms. The maximum atomic E-state index is 12.6. The number of aromatic nitrogens is 1. The van der Waals surface area contributed by atoms with E-state index < -0.39 is 0 Å². The Morgan fingerprint density at radius 2 is 1.88 bits per heavy atom. The number of anilines is 1. The van der Waals surface area contributed by atoms with Gasteiger partial charge in [0, 0.05) is 24.2 Å². The van der Waals surface area contributed by atoms with Crippen molar-refractivity contribution in [2.45, 2.75) is 0 Å². The number of ether oxygens (including phenoxy) is 3. The highest BCUT2D eigenvalue weighted by Gasteiger charge is 2.19. The lowest BCUT2D eigenvalue weighted by Gasteiger charge is -2.26. The Morgan fingerprint density at radius 3 is 2.59 bits per heavy atom. The third-order valence-corrected chi connectivity index (χ3v) is 6.02. The molecule has 0 spiro atoms. The summed E-state index contributed by atoms with van der Waals surface area (Å²) >= 11 is 1.54. The third-order valence-electron chi connectivity index (χ3n) is 4.96. The quantitative estimate of drug-likeness (QED) is 0.437. The van der Waals surface area contributed by atoms with Crippen molar-refractivity contribution in [2.24, 2.45) is 5.10 Å². The fourth-order valence-electron chi connectivity index (χ4n) is 3.29. The van der Waals surface area contributed by atoms with Gasteiger partial charge in [-0.05, 0) is 18.2 Å². The number of benzene rings is 2. The number of rotatable bonds is 7. The van der Waals surface area contributed by atoms with E-state index in [-0.39, 0.29) is 5.91 Å².